The highest BCUT2D eigenvalue weighted by molar-refractivity contribution is 9.10. The quantitative estimate of drug-likeness (QED) is 0.806. The molecule has 0 aromatic heterocycles. The van der Waals surface area contributed by atoms with Crippen LogP contribution in [0, 0.1) is 0 Å². The van der Waals surface area contributed by atoms with Crippen LogP contribution in [0.3, 0.4) is 0 Å². The third-order valence-electron chi connectivity index (χ3n) is 3.94. The zero-order chi connectivity index (χ0) is 14.4. The number of hydrogen-bond donors (Lipinski definition) is 1. The van der Waals surface area contributed by atoms with Gasteiger partial charge in [0.1, 0.15) is 0 Å². The summed E-state index contributed by atoms with van der Waals surface area (Å²) >= 11 is 3.68. The highest BCUT2D eigenvalue weighted by Gasteiger charge is 2.13. The molecule has 0 spiro atoms. The maximum atomic E-state index is 6.03. The van der Waals surface area contributed by atoms with Crippen molar-refractivity contribution < 1.29 is 0 Å². The van der Waals surface area contributed by atoms with Gasteiger partial charge in [-0.25, -0.2) is 0 Å². The molecule has 0 fully saturated rings. The molecule has 0 amide bonds. The Labute approximate surface area is 126 Å². The monoisotopic (exact) mass is 326 g/mol. The Morgan fingerprint density at radius 1 is 1.16 bits per heavy atom. The summed E-state index contributed by atoms with van der Waals surface area (Å²) in [6.07, 6.45) is 4.30. The molecule has 0 aliphatic rings. The predicted octanol–water partition coefficient (Wildman–Crippen LogP) is 4.35. The van der Waals surface area contributed by atoms with Crippen molar-refractivity contribution >= 4 is 21.6 Å². The summed E-state index contributed by atoms with van der Waals surface area (Å²) in [5.41, 5.74) is 8.61. The van der Waals surface area contributed by atoms with Gasteiger partial charge in [0.2, 0.25) is 0 Å². The van der Waals surface area contributed by atoms with E-state index in [-0.39, 0.29) is 6.04 Å². The van der Waals surface area contributed by atoms with Crippen LogP contribution in [0.4, 0.5) is 5.69 Å². The molecule has 0 aliphatic heterocycles. The fourth-order valence-electron chi connectivity index (χ4n) is 2.40. The number of rotatable bonds is 7. The highest BCUT2D eigenvalue weighted by atomic mass is 79.9. The van der Waals surface area contributed by atoms with Crippen molar-refractivity contribution in [3.63, 3.8) is 0 Å². The molecule has 1 aromatic rings. The van der Waals surface area contributed by atoms with E-state index in [2.05, 4.69) is 66.8 Å². The Hall–Kier alpha value is -0.540. The van der Waals surface area contributed by atoms with Crippen LogP contribution < -0.4 is 10.6 Å². The average molecular weight is 327 g/mol. The summed E-state index contributed by atoms with van der Waals surface area (Å²) in [6, 6.07) is 7.49. The summed E-state index contributed by atoms with van der Waals surface area (Å²) < 4.78 is 1.17. The van der Waals surface area contributed by atoms with Gasteiger partial charge in [-0.2, -0.15) is 0 Å². The van der Waals surface area contributed by atoms with Gasteiger partial charge in [0, 0.05) is 29.3 Å². The molecule has 108 valence electrons. The number of hydrogen-bond acceptors (Lipinski definition) is 2. The number of halogens is 1. The average Bonchev–Trinajstić information content (AvgIpc) is 2.42. The summed E-state index contributed by atoms with van der Waals surface area (Å²) in [4.78, 5) is 2.37. The van der Waals surface area contributed by atoms with Gasteiger partial charge in [-0.15, -0.1) is 0 Å². The SMILES string of the molecule is CCC(N)Cc1ccc(N(C)C(CC)CC)cc1Br. The third kappa shape index (κ3) is 4.50. The standard InChI is InChI=1S/C16H27BrN2/c1-5-13(18)10-12-8-9-15(11-16(12)17)19(4)14(6-2)7-3/h8-9,11,13-14H,5-7,10,18H2,1-4H3. The van der Waals surface area contributed by atoms with Crippen molar-refractivity contribution in [1.82, 2.24) is 0 Å². The summed E-state index contributed by atoms with van der Waals surface area (Å²) in [6.45, 7) is 6.62. The minimum Gasteiger partial charge on any atom is -0.372 e. The molecule has 1 atom stereocenters. The number of nitrogens with two attached hydrogens (primary N) is 1. The van der Waals surface area contributed by atoms with E-state index in [1.165, 1.54) is 28.6 Å². The van der Waals surface area contributed by atoms with Crippen LogP contribution in [0.15, 0.2) is 22.7 Å². The van der Waals surface area contributed by atoms with Gasteiger partial charge < -0.3 is 10.6 Å². The van der Waals surface area contributed by atoms with E-state index in [1.54, 1.807) is 0 Å². The zero-order valence-corrected chi connectivity index (χ0v) is 14.2. The van der Waals surface area contributed by atoms with Crippen LogP contribution in [-0.4, -0.2) is 19.1 Å². The molecule has 0 saturated heterocycles. The van der Waals surface area contributed by atoms with Crippen molar-refractivity contribution in [2.45, 2.75) is 58.5 Å². The molecule has 0 heterocycles. The minimum atomic E-state index is 0.249. The number of anilines is 1. The molecule has 0 bridgehead atoms. The van der Waals surface area contributed by atoms with Crippen LogP contribution >= 0.6 is 15.9 Å². The van der Waals surface area contributed by atoms with Gasteiger partial charge in [-0.1, -0.05) is 42.8 Å². The zero-order valence-electron chi connectivity index (χ0n) is 12.6. The third-order valence-corrected chi connectivity index (χ3v) is 4.68. The van der Waals surface area contributed by atoms with E-state index in [4.69, 9.17) is 5.73 Å². The Morgan fingerprint density at radius 2 is 1.79 bits per heavy atom. The first kappa shape index (κ1) is 16.5. The topological polar surface area (TPSA) is 29.3 Å². The largest absolute Gasteiger partial charge is 0.372 e. The van der Waals surface area contributed by atoms with E-state index >= 15 is 0 Å². The van der Waals surface area contributed by atoms with Crippen molar-refractivity contribution in [1.29, 1.82) is 0 Å². The maximum absolute atomic E-state index is 6.03. The lowest BCUT2D eigenvalue weighted by Gasteiger charge is -2.29. The first-order valence-electron chi connectivity index (χ1n) is 7.30. The van der Waals surface area contributed by atoms with Gasteiger partial charge in [-0.3, -0.25) is 0 Å². The molecule has 0 radical (unpaired) electrons. The lowest BCUT2D eigenvalue weighted by Crippen LogP contribution is -2.30. The molecular formula is C16H27BrN2. The number of benzene rings is 1. The van der Waals surface area contributed by atoms with E-state index in [1.807, 2.05) is 0 Å². The molecular weight excluding hydrogens is 300 g/mol. The normalized spacial score (nSPS) is 12.8. The second kappa shape index (κ2) is 7.91. The fraction of sp³-hybridized carbons (Fsp3) is 0.625. The van der Waals surface area contributed by atoms with Gasteiger partial charge in [-0.05, 0) is 43.4 Å². The molecule has 1 rings (SSSR count). The first-order chi connectivity index (χ1) is 9.03. The second-order valence-electron chi connectivity index (χ2n) is 5.23. The van der Waals surface area contributed by atoms with Crippen molar-refractivity contribution in [2.24, 2.45) is 5.73 Å². The Morgan fingerprint density at radius 3 is 2.26 bits per heavy atom. The van der Waals surface area contributed by atoms with Crippen LogP contribution in [0.1, 0.15) is 45.6 Å². The molecule has 2 nitrogen and oxygen atoms in total. The predicted molar refractivity (Wildman–Crippen MR) is 88.9 cm³/mol. The molecule has 19 heavy (non-hydrogen) atoms. The number of nitrogens with zero attached hydrogens (tertiary/aromatic N) is 1. The summed E-state index contributed by atoms with van der Waals surface area (Å²) in [5, 5.41) is 0. The molecule has 1 unspecified atom stereocenters. The van der Waals surface area contributed by atoms with Crippen molar-refractivity contribution in [3.8, 4) is 0 Å². The summed E-state index contributed by atoms with van der Waals surface area (Å²) in [5.74, 6) is 0. The van der Waals surface area contributed by atoms with Crippen molar-refractivity contribution in [3.05, 3.63) is 28.2 Å². The van der Waals surface area contributed by atoms with E-state index < -0.39 is 0 Å². The fourth-order valence-corrected chi connectivity index (χ4v) is 2.92. The van der Waals surface area contributed by atoms with Crippen molar-refractivity contribution in [2.75, 3.05) is 11.9 Å². The second-order valence-corrected chi connectivity index (χ2v) is 6.08. The van der Waals surface area contributed by atoms with E-state index in [0.29, 0.717) is 6.04 Å². The smallest absolute Gasteiger partial charge is 0.0377 e. The van der Waals surface area contributed by atoms with Crippen LogP contribution in [0.5, 0.6) is 0 Å². The lowest BCUT2D eigenvalue weighted by molar-refractivity contribution is 0.591. The van der Waals surface area contributed by atoms with E-state index in [9.17, 15) is 0 Å². The van der Waals surface area contributed by atoms with Crippen LogP contribution in [0.25, 0.3) is 0 Å². The molecule has 3 heteroatoms. The van der Waals surface area contributed by atoms with Gasteiger partial charge >= 0.3 is 0 Å². The van der Waals surface area contributed by atoms with E-state index in [0.717, 1.165) is 12.8 Å². The maximum Gasteiger partial charge on any atom is 0.0377 e. The Balaban J connectivity index is 2.86. The first-order valence-corrected chi connectivity index (χ1v) is 8.09. The molecule has 0 aliphatic carbocycles. The van der Waals surface area contributed by atoms with Gasteiger partial charge in [0.15, 0.2) is 0 Å². The Kier molecular flexibility index (Phi) is 6.87. The molecule has 0 saturated carbocycles. The minimum absolute atomic E-state index is 0.249. The lowest BCUT2D eigenvalue weighted by atomic mass is 10.0. The highest BCUT2D eigenvalue weighted by Crippen LogP contribution is 2.26. The summed E-state index contributed by atoms with van der Waals surface area (Å²) in [7, 11) is 2.18. The van der Waals surface area contributed by atoms with Crippen LogP contribution in [-0.2, 0) is 6.42 Å². The molecule has 2 N–H and O–H groups in total. The van der Waals surface area contributed by atoms with Gasteiger partial charge in [0.05, 0.1) is 0 Å². The Bertz CT molecular complexity index is 388. The van der Waals surface area contributed by atoms with Crippen LogP contribution in [0.2, 0.25) is 0 Å². The molecule has 1 aromatic carbocycles. The van der Waals surface area contributed by atoms with Gasteiger partial charge in [0.25, 0.3) is 0 Å².